The molecule has 10 heteroatoms. The van der Waals surface area contributed by atoms with Crippen molar-refractivity contribution in [3.63, 3.8) is 0 Å². The Morgan fingerprint density at radius 3 is 2.68 bits per heavy atom. The summed E-state index contributed by atoms with van der Waals surface area (Å²) in [5, 5.41) is 4.59. The van der Waals surface area contributed by atoms with E-state index in [0.717, 1.165) is 68.0 Å². The highest BCUT2D eigenvalue weighted by Gasteiger charge is 2.45. The third kappa shape index (κ3) is 3.38. The van der Waals surface area contributed by atoms with Crippen molar-refractivity contribution < 1.29 is 13.2 Å². The molecule has 5 rings (SSSR count). The molecule has 3 aromatic heterocycles. The topological polar surface area (TPSA) is 88.7 Å². The Balaban J connectivity index is 1.41. The van der Waals surface area contributed by atoms with E-state index < -0.39 is 17.6 Å². The van der Waals surface area contributed by atoms with E-state index in [1.165, 1.54) is 6.20 Å². The zero-order valence-electron chi connectivity index (χ0n) is 17.4. The fourth-order valence-corrected chi connectivity index (χ4v) is 4.99. The zero-order valence-corrected chi connectivity index (χ0v) is 17.4. The Hall–Kier alpha value is -2.88. The number of nitrogens with one attached hydrogen (secondary N) is 1. The van der Waals surface area contributed by atoms with Crippen LogP contribution in [0.15, 0.2) is 18.3 Å². The maximum Gasteiger partial charge on any atom is 0.419 e. The summed E-state index contributed by atoms with van der Waals surface area (Å²) in [4.78, 5) is 14.0. The van der Waals surface area contributed by atoms with Crippen molar-refractivity contribution in [2.45, 2.75) is 51.4 Å². The molecule has 0 aliphatic carbocycles. The number of fused-ring (bicyclic) bond motifs is 2. The molecule has 0 amide bonds. The molecule has 31 heavy (non-hydrogen) atoms. The van der Waals surface area contributed by atoms with Gasteiger partial charge in [-0.2, -0.15) is 18.3 Å². The molecule has 1 fully saturated rings. The van der Waals surface area contributed by atoms with Crippen molar-refractivity contribution in [2.75, 3.05) is 18.8 Å². The molecule has 2 aliphatic rings. The number of likely N-dealkylation sites (tertiary alicyclic amines) is 1. The average molecular weight is 431 g/mol. The number of aromatic amines is 1. The number of pyridine rings is 1. The molecular formula is C21H24F3N7. The highest BCUT2D eigenvalue weighted by molar-refractivity contribution is 5.63. The predicted octanol–water partition coefficient (Wildman–Crippen LogP) is 3.43. The van der Waals surface area contributed by atoms with Gasteiger partial charge in [0.25, 0.3) is 0 Å². The molecule has 7 nitrogen and oxygen atoms in total. The SMILES string of the molecule is Cc1nc(C)c(CN2CC[C@@]3(CCn4nc(-c5cnc(N)c(C(F)(F)F)c5)cc43)C2)[nH]1. The van der Waals surface area contributed by atoms with Crippen molar-refractivity contribution in [1.82, 2.24) is 29.6 Å². The molecule has 0 saturated carbocycles. The van der Waals surface area contributed by atoms with Crippen LogP contribution in [0.5, 0.6) is 0 Å². The van der Waals surface area contributed by atoms with Gasteiger partial charge in [0.2, 0.25) is 0 Å². The van der Waals surface area contributed by atoms with E-state index in [0.29, 0.717) is 11.3 Å². The number of hydrogen-bond donors (Lipinski definition) is 2. The zero-order chi connectivity index (χ0) is 22.0. The van der Waals surface area contributed by atoms with Crippen LogP contribution in [0.2, 0.25) is 0 Å². The fraction of sp³-hybridized carbons (Fsp3) is 0.476. The molecule has 2 aliphatic heterocycles. The first-order valence-corrected chi connectivity index (χ1v) is 10.3. The monoisotopic (exact) mass is 431 g/mol. The summed E-state index contributed by atoms with van der Waals surface area (Å²) >= 11 is 0. The number of aryl methyl sites for hydroxylation is 3. The number of aromatic nitrogens is 5. The number of alkyl halides is 3. The highest BCUT2D eigenvalue weighted by atomic mass is 19.4. The summed E-state index contributed by atoms with van der Waals surface area (Å²) in [5.41, 5.74) is 8.57. The maximum absolute atomic E-state index is 13.2. The second-order valence-corrected chi connectivity index (χ2v) is 8.67. The summed E-state index contributed by atoms with van der Waals surface area (Å²) < 4.78 is 41.7. The summed E-state index contributed by atoms with van der Waals surface area (Å²) in [5.74, 6) is 0.399. The van der Waals surface area contributed by atoms with Crippen LogP contribution in [0.4, 0.5) is 19.0 Å². The lowest BCUT2D eigenvalue weighted by atomic mass is 9.82. The van der Waals surface area contributed by atoms with Crippen LogP contribution >= 0.6 is 0 Å². The van der Waals surface area contributed by atoms with E-state index in [2.05, 4.69) is 25.0 Å². The van der Waals surface area contributed by atoms with Gasteiger partial charge in [0, 0.05) is 42.5 Å². The lowest BCUT2D eigenvalue weighted by Gasteiger charge is -2.23. The summed E-state index contributed by atoms with van der Waals surface area (Å²) in [6.45, 7) is 7.39. The van der Waals surface area contributed by atoms with E-state index in [1.54, 1.807) is 0 Å². The summed E-state index contributed by atoms with van der Waals surface area (Å²) in [6, 6.07) is 2.97. The van der Waals surface area contributed by atoms with Gasteiger partial charge in [-0.15, -0.1) is 0 Å². The minimum absolute atomic E-state index is 0.0255. The third-order valence-corrected chi connectivity index (χ3v) is 6.56. The highest BCUT2D eigenvalue weighted by Crippen LogP contribution is 2.44. The van der Waals surface area contributed by atoms with Gasteiger partial charge in [-0.1, -0.05) is 0 Å². The number of imidazole rings is 1. The molecule has 3 aromatic rings. The van der Waals surface area contributed by atoms with E-state index in [9.17, 15) is 13.2 Å². The normalized spacial score (nSPS) is 21.3. The number of halogens is 3. The van der Waals surface area contributed by atoms with Gasteiger partial charge in [0.15, 0.2) is 0 Å². The largest absolute Gasteiger partial charge is 0.419 e. The van der Waals surface area contributed by atoms with Crippen molar-refractivity contribution >= 4 is 5.82 Å². The minimum atomic E-state index is -4.55. The van der Waals surface area contributed by atoms with Gasteiger partial charge in [0.05, 0.1) is 22.6 Å². The van der Waals surface area contributed by atoms with Crippen molar-refractivity contribution in [3.05, 3.63) is 46.8 Å². The lowest BCUT2D eigenvalue weighted by molar-refractivity contribution is -0.137. The van der Waals surface area contributed by atoms with Crippen LogP contribution in [0.1, 0.15) is 41.3 Å². The molecule has 0 radical (unpaired) electrons. The van der Waals surface area contributed by atoms with E-state index >= 15 is 0 Å². The molecule has 0 aromatic carbocycles. The molecule has 164 valence electrons. The number of hydrogen-bond acceptors (Lipinski definition) is 5. The van der Waals surface area contributed by atoms with Gasteiger partial charge >= 0.3 is 6.18 Å². The average Bonchev–Trinajstić information content (AvgIpc) is 3.43. The molecule has 1 spiro atoms. The second kappa shape index (κ2) is 6.81. The van der Waals surface area contributed by atoms with Gasteiger partial charge in [-0.3, -0.25) is 9.58 Å². The van der Waals surface area contributed by atoms with E-state index in [-0.39, 0.29) is 5.41 Å². The van der Waals surface area contributed by atoms with Gasteiger partial charge in [0.1, 0.15) is 11.6 Å². The number of rotatable bonds is 3. The number of nitrogen functional groups attached to an aromatic ring is 1. The van der Waals surface area contributed by atoms with Crippen LogP contribution in [0.3, 0.4) is 0 Å². The Bertz CT molecular complexity index is 1150. The predicted molar refractivity (Wildman–Crippen MR) is 109 cm³/mol. The first-order valence-electron chi connectivity index (χ1n) is 10.3. The summed E-state index contributed by atoms with van der Waals surface area (Å²) in [7, 11) is 0. The third-order valence-electron chi connectivity index (χ3n) is 6.56. The van der Waals surface area contributed by atoms with Gasteiger partial charge in [-0.05, 0) is 45.4 Å². The molecule has 3 N–H and O–H groups in total. The molecule has 1 saturated heterocycles. The maximum atomic E-state index is 13.2. The van der Waals surface area contributed by atoms with Gasteiger partial charge in [-0.25, -0.2) is 9.97 Å². The van der Waals surface area contributed by atoms with E-state index in [1.807, 2.05) is 24.6 Å². The lowest BCUT2D eigenvalue weighted by Crippen LogP contribution is -2.29. The quantitative estimate of drug-likeness (QED) is 0.663. The van der Waals surface area contributed by atoms with Crippen LogP contribution in [0, 0.1) is 13.8 Å². The first-order chi connectivity index (χ1) is 14.6. The molecule has 0 unspecified atom stereocenters. The van der Waals surface area contributed by atoms with Crippen LogP contribution < -0.4 is 5.73 Å². The Labute approximate surface area is 177 Å². The smallest absolute Gasteiger partial charge is 0.383 e. The standard InChI is InChI=1S/C21H24F3N7/c1-12-17(28-13(2)27-12)10-30-5-3-20(11-30)4-6-31-18(20)8-16(29-31)14-7-15(21(22,23)24)19(25)26-9-14/h7-9H,3-6,10-11H2,1-2H3,(H2,25,26)(H,27,28)/t20-/m1/s1. The van der Waals surface area contributed by atoms with Crippen LogP contribution in [-0.4, -0.2) is 42.7 Å². The molecule has 0 bridgehead atoms. The van der Waals surface area contributed by atoms with Crippen molar-refractivity contribution in [3.8, 4) is 11.3 Å². The number of nitrogens with zero attached hydrogens (tertiary/aromatic N) is 5. The number of anilines is 1. The first kappa shape index (κ1) is 20.0. The minimum Gasteiger partial charge on any atom is -0.383 e. The van der Waals surface area contributed by atoms with E-state index in [4.69, 9.17) is 5.73 Å². The summed E-state index contributed by atoms with van der Waals surface area (Å²) in [6.07, 6.45) is -1.20. The second-order valence-electron chi connectivity index (χ2n) is 8.67. The Kier molecular flexibility index (Phi) is 4.40. The molecule has 1 atom stereocenters. The van der Waals surface area contributed by atoms with Crippen molar-refractivity contribution in [2.24, 2.45) is 0 Å². The van der Waals surface area contributed by atoms with Crippen LogP contribution in [0.25, 0.3) is 11.3 Å². The van der Waals surface area contributed by atoms with Crippen LogP contribution in [-0.2, 0) is 24.7 Å². The van der Waals surface area contributed by atoms with Gasteiger partial charge < -0.3 is 10.7 Å². The number of nitrogens with two attached hydrogens (primary N) is 1. The fourth-order valence-electron chi connectivity index (χ4n) is 4.99. The van der Waals surface area contributed by atoms with Crippen molar-refractivity contribution in [1.29, 1.82) is 0 Å². The molecular weight excluding hydrogens is 407 g/mol. The Morgan fingerprint density at radius 1 is 1.19 bits per heavy atom. The molecule has 5 heterocycles. The number of H-pyrrole nitrogens is 1. The Morgan fingerprint density at radius 2 is 1.97 bits per heavy atom.